The van der Waals surface area contributed by atoms with Crippen LogP contribution >= 0.6 is 0 Å². The van der Waals surface area contributed by atoms with Gasteiger partial charge >= 0.3 is 0 Å². The monoisotopic (exact) mass is 373 g/mol. The zero-order valence-electron chi connectivity index (χ0n) is 14.6. The zero-order chi connectivity index (χ0) is 19.3. The first-order valence-corrected chi connectivity index (χ1v) is 8.77. The summed E-state index contributed by atoms with van der Waals surface area (Å²) in [6.07, 6.45) is 2.45. The number of hydrogen-bond acceptors (Lipinski definition) is 4. The highest BCUT2D eigenvalue weighted by atomic mass is 16.2. The van der Waals surface area contributed by atoms with E-state index in [1.54, 1.807) is 47.5 Å². The van der Waals surface area contributed by atoms with E-state index in [1.165, 1.54) is 11.1 Å². The van der Waals surface area contributed by atoms with Crippen LogP contribution in [0.15, 0.2) is 60.9 Å². The molecule has 1 aromatic heterocycles. The minimum Gasteiger partial charge on any atom is -0.331 e. The van der Waals surface area contributed by atoms with Crippen molar-refractivity contribution >= 4 is 29.4 Å². The molecule has 138 valence electrons. The molecule has 0 aliphatic carbocycles. The topological polar surface area (TPSA) is 98.4 Å². The zero-order valence-corrected chi connectivity index (χ0v) is 14.6. The molecule has 8 nitrogen and oxygen atoms in total. The molecule has 0 spiro atoms. The number of para-hydroxylation sites is 1. The fourth-order valence-corrected chi connectivity index (χ4v) is 3.79. The molecule has 2 N–H and O–H groups in total. The van der Waals surface area contributed by atoms with Crippen molar-refractivity contribution in [1.82, 2.24) is 14.9 Å². The van der Waals surface area contributed by atoms with Gasteiger partial charge in [0.15, 0.2) is 0 Å². The molecule has 0 bridgehead atoms. The molecule has 0 radical (unpaired) electrons. The van der Waals surface area contributed by atoms with E-state index in [2.05, 4.69) is 15.3 Å². The van der Waals surface area contributed by atoms with E-state index in [4.69, 9.17) is 0 Å². The van der Waals surface area contributed by atoms with Gasteiger partial charge in [-0.15, -0.1) is 0 Å². The summed E-state index contributed by atoms with van der Waals surface area (Å²) in [5.74, 6) is -0.581. The second kappa shape index (κ2) is 6.05. The number of aromatic amines is 1. The lowest BCUT2D eigenvalue weighted by atomic mass is 10.0. The third kappa shape index (κ3) is 2.31. The molecule has 2 aliphatic heterocycles. The van der Waals surface area contributed by atoms with Gasteiger partial charge in [0, 0.05) is 23.5 Å². The molecule has 0 saturated heterocycles. The number of carbonyl (C=O) groups excluding carboxylic acids is 3. The molecule has 3 heterocycles. The van der Waals surface area contributed by atoms with Gasteiger partial charge < -0.3 is 9.88 Å². The summed E-state index contributed by atoms with van der Waals surface area (Å²) < 4.78 is 0. The number of hydrogen-bond donors (Lipinski definition) is 2. The number of benzene rings is 2. The first kappa shape index (κ1) is 16.2. The van der Waals surface area contributed by atoms with E-state index in [9.17, 15) is 14.4 Å². The number of fused-ring (bicyclic) bond motifs is 5. The Morgan fingerprint density at radius 3 is 2.57 bits per heavy atom. The van der Waals surface area contributed by atoms with E-state index in [0.717, 1.165) is 0 Å². The molecular weight excluding hydrogens is 358 g/mol. The predicted octanol–water partition coefficient (Wildman–Crippen LogP) is 2.16. The maximum atomic E-state index is 13.2. The van der Waals surface area contributed by atoms with E-state index in [1.807, 2.05) is 12.1 Å². The van der Waals surface area contributed by atoms with Gasteiger partial charge in [-0.3, -0.25) is 24.6 Å². The number of imidazole rings is 1. The van der Waals surface area contributed by atoms with Gasteiger partial charge in [0.25, 0.3) is 11.8 Å². The Morgan fingerprint density at radius 2 is 1.79 bits per heavy atom. The normalized spacial score (nSPS) is 17.2. The SMILES string of the molecule is O=C(CN1C(=O)c2ccccc2N2C(=O)c3ccccc3[C@H]12)Nc1ncc[nH]1. The van der Waals surface area contributed by atoms with Crippen molar-refractivity contribution < 1.29 is 14.4 Å². The molecule has 8 heteroatoms. The second-order valence-corrected chi connectivity index (χ2v) is 6.57. The summed E-state index contributed by atoms with van der Waals surface area (Å²) in [7, 11) is 0. The average Bonchev–Trinajstić information content (AvgIpc) is 3.32. The lowest BCUT2D eigenvalue weighted by molar-refractivity contribution is -0.117. The standard InChI is InChI=1S/C20H15N5O3/c26-16(23-20-21-9-10-22-20)11-24-17-12-5-1-2-6-13(12)19(28)25(17)15-8-4-3-7-14(15)18(24)27/h1-10,17H,11H2,(H2,21,22,23,26)/t17-/m1/s1. The first-order chi connectivity index (χ1) is 13.6. The van der Waals surface area contributed by atoms with Gasteiger partial charge in [0.2, 0.25) is 11.9 Å². The van der Waals surface area contributed by atoms with Gasteiger partial charge in [-0.2, -0.15) is 0 Å². The maximum Gasteiger partial charge on any atom is 0.260 e. The number of aromatic nitrogens is 2. The molecular formula is C20H15N5O3. The maximum absolute atomic E-state index is 13.2. The quantitative estimate of drug-likeness (QED) is 0.735. The Kier molecular flexibility index (Phi) is 3.51. The Morgan fingerprint density at radius 1 is 1.04 bits per heavy atom. The van der Waals surface area contributed by atoms with Crippen molar-refractivity contribution in [2.24, 2.45) is 0 Å². The van der Waals surface area contributed by atoms with Crippen LogP contribution in [0.3, 0.4) is 0 Å². The second-order valence-electron chi connectivity index (χ2n) is 6.57. The summed E-state index contributed by atoms with van der Waals surface area (Å²) in [5.41, 5.74) is 2.20. The Bertz CT molecular complexity index is 1110. The van der Waals surface area contributed by atoms with Crippen LogP contribution in [0.5, 0.6) is 0 Å². The van der Waals surface area contributed by atoms with Crippen LogP contribution in [-0.4, -0.2) is 39.1 Å². The molecule has 1 atom stereocenters. The number of amides is 3. The number of rotatable bonds is 3. The summed E-state index contributed by atoms with van der Waals surface area (Å²) in [5, 5.41) is 2.63. The molecule has 5 rings (SSSR count). The molecule has 2 aliphatic rings. The molecule has 0 saturated carbocycles. The smallest absolute Gasteiger partial charge is 0.260 e. The van der Waals surface area contributed by atoms with Gasteiger partial charge in [-0.05, 0) is 18.2 Å². The van der Waals surface area contributed by atoms with Crippen molar-refractivity contribution in [3.63, 3.8) is 0 Å². The van der Waals surface area contributed by atoms with Crippen molar-refractivity contribution in [2.75, 3.05) is 16.8 Å². The molecule has 28 heavy (non-hydrogen) atoms. The minimum atomic E-state index is -0.659. The molecule has 0 unspecified atom stereocenters. The highest BCUT2D eigenvalue weighted by molar-refractivity contribution is 6.17. The van der Waals surface area contributed by atoms with Gasteiger partial charge in [-0.25, -0.2) is 4.98 Å². The fourth-order valence-electron chi connectivity index (χ4n) is 3.79. The van der Waals surface area contributed by atoms with E-state index < -0.39 is 12.1 Å². The van der Waals surface area contributed by atoms with E-state index in [0.29, 0.717) is 28.3 Å². The first-order valence-electron chi connectivity index (χ1n) is 8.77. The van der Waals surface area contributed by atoms with Crippen molar-refractivity contribution in [3.05, 3.63) is 77.6 Å². The van der Waals surface area contributed by atoms with Gasteiger partial charge in [0.1, 0.15) is 12.7 Å². The number of H-pyrrole nitrogens is 1. The highest BCUT2D eigenvalue weighted by Gasteiger charge is 2.48. The third-order valence-electron chi connectivity index (χ3n) is 4.95. The van der Waals surface area contributed by atoms with Crippen LogP contribution in [0.1, 0.15) is 32.4 Å². The summed E-state index contributed by atoms with van der Waals surface area (Å²) >= 11 is 0. The Balaban J connectivity index is 1.57. The van der Waals surface area contributed by atoms with Crippen molar-refractivity contribution in [1.29, 1.82) is 0 Å². The van der Waals surface area contributed by atoms with Crippen LogP contribution in [0.4, 0.5) is 11.6 Å². The highest BCUT2D eigenvalue weighted by Crippen LogP contribution is 2.44. The largest absolute Gasteiger partial charge is 0.331 e. The minimum absolute atomic E-state index is 0.183. The van der Waals surface area contributed by atoms with Crippen LogP contribution in [-0.2, 0) is 4.79 Å². The number of carbonyl (C=O) groups is 3. The molecule has 3 amide bonds. The summed E-state index contributed by atoms with van der Waals surface area (Å²) in [6.45, 7) is -0.212. The number of nitrogens with one attached hydrogen (secondary N) is 2. The molecule has 0 fully saturated rings. The summed E-state index contributed by atoms with van der Waals surface area (Å²) in [4.78, 5) is 48.6. The van der Waals surface area contributed by atoms with Gasteiger partial charge in [0.05, 0.1) is 11.3 Å². The molecule has 2 aromatic carbocycles. The third-order valence-corrected chi connectivity index (χ3v) is 4.95. The lowest BCUT2D eigenvalue weighted by Gasteiger charge is -2.40. The van der Waals surface area contributed by atoms with Crippen LogP contribution < -0.4 is 10.2 Å². The van der Waals surface area contributed by atoms with Crippen LogP contribution in [0, 0.1) is 0 Å². The Hall–Kier alpha value is -3.94. The van der Waals surface area contributed by atoms with E-state index >= 15 is 0 Å². The number of anilines is 2. The summed E-state index contributed by atoms with van der Waals surface area (Å²) in [6, 6.07) is 14.1. The van der Waals surface area contributed by atoms with Crippen LogP contribution in [0.2, 0.25) is 0 Å². The van der Waals surface area contributed by atoms with E-state index in [-0.39, 0.29) is 18.4 Å². The van der Waals surface area contributed by atoms with Crippen molar-refractivity contribution in [3.8, 4) is 0 Å². The van der Waals surface area contributed by atoms with Crippen molar-refractivity contribution in [2.45, 2.75) is 6.17 Å². The lowest BCUT2D eigenvalue weighted by Crippen LogP contribution is -2.50. The fraction of sp³-hybridized carbons (Fsp3) is 0.100. The molecule has 3 aromatic rings. The average molecular weight is 373 g/mol. The Labute approximate surface area is 159 Å². The number of nitrogens with zero attached hydrogens (tertiary/aromatic N) is 3. The van der Waals surface area contributed by atoms with Crippen LogP contribution in [0.25, 0.3) is 0 Å². The van der Waals surface area contributed by atoms with Gasteiger partial charge in [-0.1, -0.05) is 30.3 Å². The predicted molar refractivity (Wildman–Crippen MR) is 101 cm³/mol.